The smallest absolute Gasteiger partial charge is 0.214 e. The number of ether oxygens (including phenoxy) is 2. The largest absolute Gasteiger partial charge is 0.491 e. The van der Waals surface area contributed by atoms with Crippen LogP contribution in [0.15, 0.2) is 42.6 Å². The monoisotopic (exact) mass is 242 g/mol. The van der Waals surface area contributed by atoms with Crippen LogP contribution in [0.25, 0.3) is 0 Å². The zero-order valence-corrected chi connectivity index (χ0v) is 10.1. The van der Waals surface area contributed by atoms with E-state index < -0.39 is 0 Å². The van der Waals surface area contributed by atoms with Crippen molar-refractivity contribution < 1.29 is 9.47 Å². The van der Waals surface area contributed by atoms with Gasteiger partial charge in [-0.05, 0) is 12.1 Å². The van der Waals surface area contributed by atoms with Gasteiger partial charge >= 0.3 is 0 Å². The summed E-state index contributed by atoms with van der Waals surface area (Å²) in [5.41, 5.74) is 2.17. The molecule has 0 saturated carbocycles. The summed E-state index contributed by atoms with van der Waals surface area (Å²) in [6.45, 7) is 0.643. The Morgan fingerprint density at radius 1 is 1.33 bits per heavy atom. The quantitative estimate of drug-likeness (QED) is 0.898. The van der Waals surface area contributed by atoms with Gasteiger partial charge in [-0.25, -0.2) is 4.98 Å². The Morgan fingerprint density at radius 2 is 2.22 bits per heavy atom. The van der Waals surface area contributed by atoms with Crippen molar-refractivity contribution in [2.75, 3.05) is 19.0 Å². The highest BCUT2D eigenvalue weighted by Gasteiger charge is 2.23. The lowest BCUT2D eigenvalue weighted by Gasteiger charge is -2.13. The lowest BCUT2D eigenvalue weighted by molar-refractivity contribution is 0.339. The van der Waals surface area contributed by atoms with Crippen LogP contribution in [0.5, 0.6) is 11.6 Å². The van der Waals surface area contributed by atoms with Crippen LogP contribution in [0.1, 0.15) is 11.6 Å². The lowest BCUT2D eigenvalue weighted by Crippen LogP contribution is -2.12. The second-order valence-electron chi connectivity index (χ2n) is 4.13. The summed E-state index contributed by atoms with van der Waals surface area (Å²) < 4.78 is 10.7. The maximum absolute atomic E-state index is 5.63. The summed E-state index contributed by atoms with van der Waals surface area (Å²) in [5, 5.41) is 3.43. The van der Waals surface area contributed by atoms with Gasteiger partial charge in [-0.1, -0.05) is 18.2 Å². The molecule has 0 spiro atoms. The fourth-order valence-electron chi connectivity index (χ4n) is 2.09. The minimum absolute atomic E-state index is 0.174. The van der Waals surface area contributed by atoms with Crippen LogP contribution in [0.2, 0.25) is 0 Å². The molecule has 1 unspecified atom stereocenters. The van der Waals surface area contributed by atoms with Crippen LogP contribution >= 0.6 is 0 Å². The number of aromatic nitrogens is 1. The molecule has 0 aliphatic carbocycles. The molecule has 1 aromatic carbocycles. The first-order chi connectivity index (χ1) is 8.86. The number of fused-ring (bicyclic) bond motifs is 1. The molecule has 0 radical (unpaired) electrons. The van der Waals surface area contributed by atoms with Gasteiger partial charge in [0.2, 0.25) is 5.88 Å². The van der Waals surface area contributed by atoms with E-state index in [1.165, 1.54) is 5.56 Å². The first kappa shape index (κ1) is 10.9. The zero-order chi connectivity index (χ0) is 12.4. The van der Waals surface area contributed by atoms with E-state index in [0.717, 1.165) is 11.4 Å². The molecule has 4 heteroatoms. The third-order valence-electron chi connectivity index (χ3n) is 2.98. The zero-order valence-electron chi connectivity index (χ0n) is 10.1. The normalized spacial score (nSPS) is 16.8. The minimum atomic E-state index is 0.174. The standard InChI is InChI=1S/C14H14N2O2/c1-17-14-8-10(6-7-15-14)16-12-9-18-13-5-3-2-4-11(12)13/h2-8,12H,9H2,1H3,(H,15,16). The number of anilines is 1. The van der Waals surface area contributed by atoms with Crippen molar-refractivity contribution in [3.63, 3.8) is 0 Å². The fraction of sp³-hybridized carbons (Fsp3) is 0.214. The Kier molecular flexibility index (Phi) is 2.76. The number of rotatable bonds is 3. The van der Waals surface area contributed by atoms with E-state index in [-0.39, 0.29) is 6.04 Å². The number of hydrogen-bond acceptors (Lipinski definition) is 4. The average molecular weight is 242 g/mol. The molecule has 2 heterocycles. The van der Waals surface area contributed by atoms with Gasteiger partial charge in [0.25, 0.3) is 0 Å². The number of pyridine rings is 1. The second kappa shape index (κ2) is 4.56. The van der Waals surface area contributed by atoms with E-state index in [4.69, 9.17) is 9.47 Å². The molecule has 92 valence electrons. The average Bonchev–Trinajstić information content (AvgIpc) is 2.83. The molecule has 1 N–H and O–H groups in total. The lowest BCUT2D eigenvalue weighted by atomic mass is 10.1. The molecule has 0 fully saturated rings. The predicted octanol–water partition coefficient (Wildman–Crippen LogP) is 2.64. The van der Waals surface area contributed by atoms with Crippen LogP contribution in [-0.4, -0.2) is 18.7 Å². The highest BCUT2D eigenvalue weighted by Crippen LogP contribution is 2.34. The SMILES string of the molecule is COc1cc(NC2COc3ccccc32)ccn1. The van der Waals surface area contributed by atoms with E-state index in [1.54, 1.807) is 13.3 Å². The van der Waals surface area contributed by atoms with Crippen LogP contribution in [0.3, 0.4) is 0 Å². The highest BCUT2D eigenvalue weighted by molar-refractivity contribution is 5.50. The number of para-hydroxylation sites is 1. The van der Waals surface area contributed by atoms with Crippen molar-refractivity contribution in [3.05, 3.63) is 48.2 Å². The van der Waals surface area contributed by atoms with Crippen molar-refractivity contribution in [1.29, 1.82) is 0 Å². The first-order valence-electron chi connectivity index (χ1n) is 5.85. The van der Waals surface area contributed by atoms with E-state index in [0.29, 0.717) is 12.5 Å². The van der Waals surface area contributed by atoms with E-state index in [1.807, 2.05) is 30.3 Å². The molecule has 0 bridgehead atoms. The Bertz CT molecular complexity index is 557. The van der Waals surface area contributed by atoms with Gasteiger partial charge in [-0.3, -0.25) is 0 Å². The topological polar surface area (TPSA) is 43.4 Å². The van der Waals surface area contributed by atoms with Gasteiger partial charge in [0.1, 0.15) is 12.4 Å². The van der Waals surface area contributed by atoms with Gasteiger partial charge in [-0.15, -0.1) is 0 Å². The number of hydrogen-bond donors (Lipinski definition) is 1. The van der Waals surface area contributed by atoms with Crippen molar-refractivity contribution in [2.24, 2.45) is 0 Å². The summed E-state index contributed by atoms with van der Waals surface area (Å²) in [6, 6.07) is 12.0. The molecule has 1 aliphatic heterocycles. The summed E-state index contributed by atoms with van der Waals surface area (Å²) in [5.74, 6) is 1.56. The maximum Gasteiger partial charge on any atom is 0.214 e. The first-order valence-corrected chi connectivity index (χ1v) is 5.85. The van der Waals surface area contributed by atoms with Gasteiger partial charge in [-0.2, -0.15) is 0 Å². The third-order valence-corrected chi connectivity index (χ3v) is 2.98. The molecule has 1 atom stereocenters. The maximum atomic E-state index is 5.63. The third kappa shape index (κ3) is 1.97. The molecule has 3 rings (SSSR count). The number of benzene rings is 1. The predicted molar refractivity (Wildman–Crippen MR) is 69.1 cm³/mol. The number of methoxy groups -OCH3 is 1. The molecular formula is C14H14N2O2. The van der Waals surface area contributed by atoms with E-state index >= 15 is 0 Å². The Balaban J connectivity index is 1.82. The summed E-state index contributed by atoms with van der Waals surface area (Å²) in [4.78, 5) is 4.08. The Hall–Kier alpha value is -2.23. The Labute approximate surface area is 106 Å². The van der Waals surface area contributed by atoms with Gasteiger partial charge in [0, 0.05) is 23.5 Å². The molecule has 18 heavy (non-hydrogen) atoms. The van der Waals surface area contributed by atoms with Crippen LogP contribution in [0.4, 0.5) is 5.69 Å². The van der Waals surface area contributed by atoms with Gasteiger partial charge in [0.15, 0.2) is 0 Å². The van der Waals surface area contributed by atoms with Crippen LogP contribution in [0, 0.1) is 0 Å². The molecule has 0 amide bonds. The molecule has 4 nitrogen and oxygen atoms in total. The summed E-state index contributed by atoms with van der Waals surface area (Å²) in [6.07, 6.45) is 1.73. The Morgan fingerprint density at radius 3 is 3.11 bits per heavy atom. The van der Waals surface area contributed by atoms with Crippen molar-refractivity contribution in [1.82, 2.24) is 4.98 Å². The summed E-state index contributed by atoms with van der Waals surface area (Å²) >= 11 is 0. The second-order valence-corrected chi connectivity index (χ2v) is 4.13. The summed E-state index contributed by atoms with van der Waals surface area (Å²) in [7, 11) is 1.61. The van der Waals surface area contributed by atoms with Gasteiger partial charge in [0.05, 0.1) is 13.2 Å². The molecular weight excluding hydrogens is 228 g/mol. The molecule has 2 aromatic rings. The van der Waals surface area contributed by atoms with Crippen molar-refractivity contribution >= 4 is 5.69 Å². The number of nitrogens with one attached hydrogen (secondary N) is 1. The van der Waals surface area contributed by atoms with Crippen LogP contribution < -0.4 is 14.8 Å². The molecule has 0 saturated heterocycles. The van der Waals surface area contributed by atoms with Gasteiger partial charge < -0.3 is 14.8 Å². The molecule has 1 aliphatic rings. The fourth-order valence-corrected chi connectivity index (χ4v) is 2.09. The van der Waals surface area contributed by atoms with Crippen molar-refractivity contribution in [2.45, 2.75) is 6.04 Å². The van der Waals surface area contributed by atoms with Crippen LogP contribution in [-0.2, 0) is 0 Å². The minimum Gasteiger partial charge on any atom is -0.491 e. The molecule has 1 aromatic heterocycles. The number of nitrogens with zero attached hydrogens (tertiary/aromatic N) is 1. The highest BCUT2D eigenvalue weighted by atomic mass is 16.5. The van der Waals surface area contributed by atoms with Crippen molar-refractivity contribution in [3.8, 4) is 11.6 Å². The van der Waals surface area contributed by atoms with E-state index in [9.17, 15) is 0 Å². The van der Waals surface area contributed by atoms with E-state index in [2.05, 4.69) is 16.4 Å².